The van der Waals surface area contributed by atoms with Crippen LogP contribution in [0.3, 0.4) is 0 Å². The highest BCUT2D eigenvalue weighted by Crippen LogP contribution is 2.33. The second-order valence-corrected chi connectivity index (χ2v) is 5.79. The van der Waals surface area contributed by atoms with E-state index in [-0.39, 0.29) is 36.6 Å². The highest BCUT2D eigenvalue weighted by molar-refractivity contribution is 6.00. The number of hydrogen-bond donors (Lipinski definition) is 3. The Morgan fingerprint density at radius 1 is 1.09 bits per heavy atom. The summed E-state index contributed by atoms with van der Waals surface area (Å²) in [5, 5.41) is 5.60. The van der Waals surface area contributed by atoms with Crippen LogP contribution >= 0.6 is 24.8 Å². The molecule has 0 radical (unpaired) electrons. The summed E-state index contributed by atoms with van der Waals surface area (Å²) in [7, 11) is 3.85. The van der Waals surface area contributed by atoms with Gasteiger partial charge in [0.15, 0.2) is 0 Å². The number of nitrogens with two attached hydrogens (primary N) is 1. The summed E-state index contributed by atoms with van der Waals surface area (Å²) in [5.74, 6) is -0.176. The Bertz CT molecular complexity index is 531. The summed E-state index contributed by atoms with van der Waals surface area (Å²) in [6, 6.07) is 7.04. The van der Waals surface area contributed by atoms with Gasteiger partial charge in [0.1, 0.15) is 0 Å². The molecule has 0 bridgehead atoms. The number of nitrogens with zero attached hydrogens (tertiary/aromatic N) is 1. The first-order valence-electron chi connectivity index (χ1n) is 7.04. The van der Waals surface area contributed by atoms with Gasteiger partial charge in [-0.25, -0.2) is 0 Å². The van der Waals surface area contributed by atoms with Crippen LogP contribution in [0.5, 0.6) is 0 Å². The van der Waals surface area contributed by atoms with Crippen LogP contribution in [0, 0.1) is 0 Å². The molecule has 1 aromatic rings. The van der Waals surface area contributed by atoms with Crippen molar-refractivity contribution in [2.24, 2.45) is 5.73 Å². The van der Waals surface area contributed by atoms with E-state index in [1.165, 1.54) is 0 Å². The van der Waals surface area contributed by atoms with E-state index >= 15 is 0 Å². The molecule has 1 aliphatic rings. The predicted molar refractivity (Wildman–Crippen MR) is 97.5 cm³/mol. The van der Waals surface area contributed by atoms with Crippen LogP contribution in [0.4, 0.5) is 11.4 Å². The molecular formula is C15H24Cl2N4O2. The Morgan fingerprint density at radius 3 is 2.00 bits per heavy atom. The first-order valence-corrected chi connectivity index (χ1v) is 7.04. The van der Waals surface area contributed by atoms with Gasteiger partial charge in [-0.15, -0.1) is 24.8 Å². The van der Waals surface area contributed by atoms with E-state index in [2.05, 4.69) is 10.6 Å². The van der Waals surface area contributed by atoms with E-state index in [4.69, 9.17) is 5.73 Å². The van der Waals surface area contributed by atoms with Gasteiger partial charge in [-0.3, -0.25) is 9.59 Å². The topological polar surface area (TPSA) is 87.5 Å². The molecule has 0 saturated heterocycles. The van der Waals surface area contributed by atoms with Crippen molar-refractivity contribution in [3.63, 3.8) is 0 Å². The van der Waals surface area contributed by atoms with E-state index in [0.717, 1.165) is 12.8 Å². The summed E-state index contributed by atoms with van der Waals surface area (Å²) in [4.78, 5) is 25.5. The molecule has 4 N–H and O–H groups in total. The number of hydrogen-bond acceptors (Lipinski definition) is 4. The molecule has 1 saturated carbocycles. The minimum absolute atomic E-state index is 0. The standard InChI is InChI=1S/C15H22N4O2.2ClH/c1-19(2)10-7-13(20)17-11-3-5-12(6-4-11)18-14(21)15(16)8-9-15;;/h3-6H,7-10,16H2,1-2H3,(H,17,20)(H,18,21);2*1H. The van der Waals surface area contributed by atoms with Crippen molar-refractivity contribution in [2.45, 2.75) is 24.8 Å². The maximum absolute atomic E-state index is 11.8. The quantitative estimate of drug-likeness (QED) is 0.720. The first-order chi connectivity index (χ1) is 9.89. The summed E-state index contributed by atoms with van der Waals surface area (Å²) >= 11 is 0. The average molecular weight is 363 g/mol. The lowest BCUT2D eigenvalue weighted by Gasteiger charge is -2.12. The van der Waals surface area contributed by atoms with E-state index in [1.54, 1.807) is 24.3 Å². The minimum atomic E-state index is -0.681. The van der Waals surface area contributed by atoms with Crippen LogP contribution in [0.1, 0.15) is 19.3 Å². The second kappa shape index (κ2) is 9.08. The van der Waals surface area contributed by atoms with Crippen molar-refractivity contribution in [3.8, 4) is 0 Å². The molecule has 0 atom stereocenters. The SMILES string of the molecule is CN(C)CCC(=O)Nc1ccc(NC(=O)C2(N)CC2)cc1.Cl.Cl. The van der Waals surface area contributed by atoms with Crippen molar-refractivity contribution >= 4 is 48.0 Å². The molecule has 1 aromatic carbocycles. The lowest BCUT2D eigenvalue weighted by Crippen LogP contribution is -2.37. The fraction of sp³-hybridized carbons (Fsp3) is 0.467. The summed E-state index contributed by atoms with van der Waals surface area (Å²) in [6.07, 6.45) is 1.92. The monoisotopic (exact) mass is 362 g/mol. The predicted octanol–water partition coefficient (Wildman–Crippen LogP) is 1.85. The van der Waals surface area contributed by atoms with Gasteiger partial charge in [-0.2, -0.15) is 0 Å². The van der Waals surface area contributed by atoms with Crippen LogP contribution in [-0.2, 0) is 9.59 Å². The molecule has 1 aliphatic carbocycles. The third-order valence-electron chi connectivity index (χ3n) is 3.45. The summed E-state index contributed by atoms with van der Waals surface area (Å²) in [5.41, 5.74) is 6.53. The Hall–Kier alpha value is -1.34. The van der Waals surface area contributed by atoms with Gasteiger partial charge in [-0.1, -0.05) is 0 Å². The Morgan fingerprint density at radius 2 is 1.57 bits per heavy atom. The molecule has 0 aliphatic heterocycles. The van der Waals surface area contributed by atoms with Crippen molar-refractivity contribution in [2.75, 3.05) is 31.3 Å². The molecule has 0 heterocycles. The normalized spacial score (nSPS) is 14.3. The smallest absolute Gasteiger partial charge is 0.244 e. The number of amides is 2. The zero-order chi connectivity index (χ0) is 15.5. The fourth-order valence-corrected chi connectivity index (χ4v) is 1.80. The van der Waals surface area contributed by atoms with Crippen molar-refractivity contribution in [1.82, 2.24) is 4.90 Å². The van der Waals surface area contributed by atoms with E-state index in [1.807, 2.05) is 19.0 Å². The molecule has 6 nitrogen and oxygen atoms in total. The molecule has 0 unspecified atom stereocenters. The highest BCUT2D eigenvalue weighted by Gasteiger charge is 2.45. The molecule has 1 fully saturated rings. The number of halogens is 2. The van der Waals surface area contributed by atoms with Crippen LogP contribution in [0.25, 0.3) is 0 Å². The molecule has 2 rings (SSSR count). The molecular weight excluding hydrogens is 339 g/mol. The third-order valence-corrected chi connectivity index (χ3v) is 3.45. The van der Waals surface area contributed by atoms with Crippen LogP contribution < -0.4 is 16.4 Å². The summed E-state index contributed by atoms with van der Waals surface area (Å²) < 4.78 is 0. The van der Waals surface area contributed by atoms with Gasteiger partial charge < -0.3 is 21.3 Å². The number of anilines is 2. The Labute approximate surface area is 149 Å². The van der Waals surface area contributed by atoms with Gasteiger partial charge in [0.05, 0.1) is 5.54 Å². The van der Waals surface area contributed by atoms with Crippen LogP contribution in [0.2, 0.25) is 0 Å². The van der Waals surface area contributed by atoms with Gasteiger partial charge in [-0.05, 0) is 51.2 Å². The largest absolute Gasteiger partial charge is 0.326 e. The maximum atomic E-state index is 11.8. The number of carbonyl (C=O) groups is 2. The molecule has 0 aromatic heterocycles. The first kappa shape index (κ1) is 21.7. The number of carbonyl (C=O) groups excluding carboxylic acids is 2. The molecule has 0 spiro atoms. The van der Waals surface area contributed by atoms with Gasteiger partial charge >= 0.3 is 0 Å². The fourth-order valence-electron chi connectivity index (χ4n) is 1.80. The van der Waals surface area contributed by atoms with E-state index in [9.17, 15) is 9.59 Å². The van der Waals surface area contributed by atoms with E-state index in [0.29, 0.717) is 24.3 Å². The lowest BCUT2D eigenvalue weighted by atomic mass is 10.2. The molecule has 23 heavy (non-hydrogen) atoms. The van der Waals surface area contributed by atoms with Gasteiger partial charge in [0, 0.05) is 24.3 Å². The second-order valence-electron chi connectivity index (χ2n) is 5.79. The maximum Gasteiger partial charge on any atom is 0.244 e. The molecule has 130 valence electrons. The van der Waals surface area contributed by atoms with Crippen LogP contribution in [-0.4, -0.2) is 42.9 Å². The number of rotatable bonds is 6. The zero-order valence-corrected chi connectivity index (χ0v) is 14.9. The number of nitrogens with one attached hydrogen (secondary N) is 2. The Balaban J connectivity index is 0.00000242. The summed E-state index contributed by atoms with van der Waals surface area (Å²) in [6.45, 7) is 0.707. The average Bonchev–Trinajstić information content (AvgIpc) is 3.18. The van der Waals surface area contributed by atoms with Gasteiger partial charge in [0.2, 0.25) is 11.8 Å². The minimum Gasteiger partial charge on any atom is -0.326 e. The van der Waals surface area contributed by atoms with Crippen molar-refractivity contribution in [1.29, 1.82) is 0 Å². The number of benzene rings is 1. The highest BCUT2D eigenvalue weighted by atomic mass is 35.5. The van der Waals surface area contributed by atoms with Gasteiger partial charge in [0.25, 0.3) is 0 Å². The third kappa shape index (κ3) is 6.74. The van der Waals surface area contributed by atoms with Crippen LogP contribution in [0.15, 0.2) is 24.3 Å². The lowest BCUT2D eigenvalue weighted by molar-refractivity contribution is -0.118. The van der Waals surface area contributed by atoms with Crippen molar-refractivity contribution in [3.05, 3.63) is 24.3 Å². The van der Waals surface area contributed by atoms with Crippen molar-refractivity contribution < 1.29 is 9.59 Å². The molecule has 8 heteroatoms. The Kier molecular flexibility index (Phi) is 8.55. The van der Waals surface area contributed by atoms with E-state index < -0.39 is 5.54 Å². The molecule has 2 amide bonds. The zero-order valence-electron chi connectivity index (χ0n) is 13.3.